The first-order chi connectivity index (χ1) is 8.79. The van der Waals surface area contributed by atoms with E-state index in [2.05, 4.69) is 29.1 Å². The zero-order valence-electron chi connectivity index (χ0n) is 12.3. The summed E-state index contributed by atoms with van der Waals surface area (Å²) in [5.74, 6) is 0.926. The number of nitrogens with one attached hydrogen (secondary N) is 1. The Kier molecular flexibility index (Phi) is 5.93. The van der Waals surface area contributed by atoms with E-state index in [1.165, 1.54) is 64.8 Å². The fourth-order valence-electron chi connectivity index (χ4n) is 3.46. The van der Waals surface area contributed by atoms with Crippen molar-refractivity contribution in [1.29, 1.82) is 0 Å². The van der Waals surface area contributed by atoms with Gasteiger partial charge in [-0.1, -0.05) is 6.92 Å². The molecule has 106 valence electrons. The van der Waals surface area contributed by atoms with Gasteiger partial charge in [-0.2, -0.15) is 0 Å². The summed E-state index contributed by atoms with van der Waals surface area (Å²) >= 11 is 0. The molecule has 3 heteroatoms. The Hall–Kier alpha value is -0.120. The van der Waals surface area contributed by atoms with Crippen LogP contribution >= 0.6 is 0 Å². The lowest BCUT2D eigenvalue weighted by Gasteiger charge is -2.37. The molecule has 2 aliphatic rings. The topological polar surface area (TPSA) is 18.5 Å². The van der Waals surface area contributed by atoms with Crippen LogP contribution in [-0.2, 0) is 0 Å². The molecule has 0 radical (unpaired) electrons. The molecule has 0 bridgehead atoms. The average Bonchev–Trinajstić information content (AvgIpc) is 2.62. The lowest BCUT2D eigenvalue weighted by Crippen LogP contribution is -2.43. The number of hydrogen-bond acceptors (Lipinski definition) is 3. The summed E-state index contributed by atoms with van der Waals surface area (Å²) in [7, 11) is 2.27. The third-order valence-corrected chi connectivity index (χ3v) is 4.77. The van der Waals surface area contributed by atoms with E-state index < -0.39 is 0 Å². The van der Waals surface area contributed by atoms with Crippen LogP contribution in [0.15, 0.2) is 0 Å². The molecule has 18 heavy (non-hydrogen) atoms. The van der Waals surface area contributed by atoms with Gasteiger partial charge in [0.15, 0.2) is 0 Å². The molecule has 0 aromatic rings. The Bertz CT molecular complexity index is 224. The summed E-state index contributed by atoms with van der Waals surface area (Å²) in [5.41, 5.74) is 0. The minimum absolute atomic E-state index is 0.870. The molecule has 1 atom stereocenters. The van der Waals surface area contributed by atoms with Crippen molar-refractivity contribution in [1.82, 2.24) is 15.1 Å². The van der Waals surface area contributed by atoms with Gasteiger partial charge in [0.2, 0.25) is 0 Å². The van der Waals surface area contributed by atoms with E-state index in [4.69, 9.17) is 0 Å². The Labute approximate surface area is 113 Å². The molecule has 0 saturated carbocycles. The zero-order valence-corrected chi connectivity index (χ0v) is 12.3. The third-order valence-electron chi connectivity index (χ3n) is 4.77. The van der Waals surface area contributed by atoms with Crippen LogP contribution in [0.2, 0.25) is 0 Å². The van der Waals surface area contributed by atoms with Gasteiger partial charge < -0.3 is 15.1 Å². The first-order valence-corrected chi connectivity index (χ1v) is 7.93. The molecule has 2 heterocycles. The molecule has 0 aromatic heterocycles. The number of likely N-dealkylation sites (tertiary alicyclic amines) is 2. The highest BCUT2D eigenvalue weighted by Gasteiger charge is 2.25. The highest BCUT2D eigenvalue weighted by Crippen LogP contribution is 2.23. The molecule has 0 amide bonds. The summed E-state index contributed by atoms with van der Waals surface area (Å²) in [4.78, 5) is 5.28. The quantitative estimate of drug-likeness (QED) is 0.824. The van der Waals surface area contributed by atoms with Crippen LogP contribution in [0, 0.1) is 5.92 Å². The van der Waals surface area contributed by atoms with Crippen LogP contribution in [0.25, 0.3) is 0 Å². The molecule has 0 aromatic carbocycles. The normalized spacial score (nSPS) is 29.3. The van der Waals surface area contributed by atoms with Crippen LogP contribution in [0.1, 0.15) is 39.0 Å². The molecule has 2 rings (SSSR count). The van der Waals surface area contributed by atoms with Crippen molar-refractivity contribution in [2.24, 2.45) is 5.92 Å². The van der Waals surface area contributed by atoms with Crippen LogP contribution in [0.3, 0.4) is 0 Å². The molecule has 0 spiro atoms. The monoisotopic (exact) mass is 253 g/mol. The minimum Gasteiger partial charge on any atom is -0.317 e. The summed E-state index contributed by atoms with van der Waals surface area (Å²) in [5, 5.41) is 3.50. The number of rotatable bonds is 4. The molecule has 0 aliphatic carbocycles. The number of piperidine rings is 1. The SMILES string of the molecule is CCNCC1CCN(C2CCCN(C)CC2)CC1. The van der Waals surface area contributed by atoms with Gasteiger partial charge in [-0.05, 0) is 84.3 Å². The number of hydrogen-bond donors (Lipinski definition) is 1. The van der Waals surface area contributed by atoms with Crippen molar-refractivity contribution in [3.05, 3.63) is 0 Å². The molecule has 2 saturated heterocycles. The van der Waals surface area contributed by atoms with Crippen molar-refractivity contribution >= 4 is 0 Å². The highest BCUT2D eigenvalue weighted by molar-refractivity contribution is 4.81. The Balaban J connectivity index is 1.71. The fourth-order valence-corrected chi connectivity index (χ4v) is 3.46. The second kappa shape index (κ2) is 7.46. The van der Waals surface area contributed by atoms with Gasteiger partial charge in [-0.15, -0.1) is 0 Å². The smallest absolute Gasteiger partial charge is 0.0108 e. The van der Waals surface area contributed by atoms with E-state index in [1.807, 2.05) is 0 Å². The fraction of sp³-hybridized carbons (Fsp3) is 1.00. The van der Waals surface area contributed by atoms with Crippen LogP contribution < -0.4 is 5.32 Å². The van der Waals surface area contributed by atoms with Crippen molar-refractivity contribution in [3.63, 3.8) is 0 Å². The standard InChI is InChI=1S/C15H31N3/c1-3-16-13-14-6-11-18(12-7-14)15-5-4-9-17(2)10-8-15/h14-16H,3-13H2,1-2H3. The van der Waals surface area contributed by atoms with Gasteiger partial charge in [0.05, 0.1) is 0 Å². The predicted octanol–water partition coefficient (Wildman–Crippen LogP) is 1.79. The lowest BCUT2D eigenvalue weighted by molar-refractivity contribution is 0.121. The van der Waals surface area contributed by atoms with Gasteiger partial charge in [-0.25, -0.2) is 0 Å². The van der Waals surface area contributed by atoms with E-state index >= 15 is 0 Å². The highest BCUT2D eigenvalue weighted by atomic mass is 15.2. The molecule has 3 nitrogen and oxygen atoms in total. The van der Waals surface area contributed by atoms with Gasteiger partial charge in [-0.3, -0.25) is 0 Å². The third kappa shape index (κ3) is 4.22. The van der Waals surface area contributed by atoms with Crippen LogP contribution in [0.5, 0.6) is 0 Å². The van der Waals surface area contributed by atoms with Crippen LogP contribution in [0.4, 0.5) is 0 Å². The van der Waals surface area contributed by atoms with Crippen molar-refractivity contribution in [2.75, 3.05) is 46.3 Å². The zero-order chi connectivity index (χ0) is 12.8. The molecular weight excluding hydrogens is 222 g/mol. The predicted molar refractivity (Wildman–Crippen MR) is 78.0 cm³/mol. The summed E-state index contributed by atoms with van der Waals surface area (Å²) < 4.78 is 0. The summed E-state index contributed by atoms with van der Waals surface area (Å²) in [6.45, 7) is 9.83. The maximum absolute atomic E-state index is 3.50. The molecule has 2 fully saturated rings. The van der Waals surface area contributed by atoms with E-state index in [0.717, 1.165) is 18.5 Å². The van der Waals surface area contributed by atoms with Gasteiger partial charge in [0.1, 0.15) is 0 Å². The maximum Gasteiger partial charge on any atom is 0.0108 e. The Morgan fingerprint density at radius 1 is 1.00 bits per heavy atom. The van der Waals surface area contributed by atoms with Gasteiger partial charge in [0.25, 0.3) is 0 Å². The van der Waals surface area contributed by atoms with Crippen molar-refractivity contribution in [3.8, 4) is 0 Å². The largest absolute Gasteiger partial charge is 0.317 e. The number of nitrogens with zero attached hydrogens (tertiary/aromatic N) is 2. The Morgan fingerprint density at radius 3 is 2.50 bits per heavy atom. The van der Waals surface area contributed by atoms with E-state index in [0.29, 0.717) is 0 Å². The van der Waals surface area contributed by atoms with Crippen LogP contribution in [-0.4, -0.2) is 62.2 Å². The first kappa shape index (κ1) is 14.3. The van der Waals surface area contributed by atoms with E-state index in [-0.39, 0.29) is 0 Å². The lowest BCUT2D eigenvalue weighted by atomic mass is 9.94. The second-order valence-corrected chi connectivity index (χ2v) is 6.18. The van der Waals surface area contributed by atoms with E-state index in [1.54, 1.807) is 0 Å². The molecule has 1 unspecified atom stereocenters. The average molecular weight is 253 g/mol. The first-order valence-electron chi connectivity index (χ1n) is 7.93. The Morgan fingerprint density at radius 2 is 1.78 bits per heavy atom. The molecule has 1 N–H and O–H groups in total. The second-order valence-electron chi connectivity index (χ2n) is 6.18. The van der Waals surface area contributed by atoms with Crippen molar-refractivity contribution < 1.29 is 0 Å². The van der Waals surface area contributed by atoms with Gasteiger partial charge in [0, 0.05) is 6.04 Å². The summed E-state index contributed by atoms with van der Waals surface area (Å²) in [6, 6.07) is 0.870. The summed E-state index contributed by atoms with van der Waals surface area (Å²) in [6.07, 6.45) is 6.99. The minimum atomic E-state index is 0.870. The van der Waals surface area contributed by atoms with Crippen molar-refractivity contribution in [2.45, 2.75) is 45.1 Å². The van der Waals surface area contributed by atoms with E-state index in [9.17, 15) is 0 Å². The van der Waals surface area contributed by atoms with Gasteiger partial charge >= 0.3 is 0 Å². The maximum atomic E-state index is 3.50. The molecular formula is C15H31N3. The molecule has 2 aliphatic heterocycles.